The van der Waals surface area contributed by atoms with Crippen LogP contribution in [0.15, 0.2) is 48.5 Å². The van der Waals surface area contributed by atoms with Crippen LogP contribution < -0.4 is 11.1 Å². The SMILES string of the molecule is CC(C)n1c(CCNC(=O)Cc2ccc(N)cc2)nc2ccccc21. The van der Waals surface area contributed by atoms with E-state index in [1.54, 1.807) is 0 Å². The van der Waals surface area contributed by atoms with Gasteiger partial charge in [-0.1, -0.05) is 24.3 Å². The predicted molar refractivity (Wildman–Crippen MR) is 101 cm³/mol. The fourth-order valence-corrected chi connectivity index (χ4v) is 3.04. The first kappa shape index (κ1) is 17.0. The molecule has 3 N–H and O–H groups in total. The number of carbonyl (C=O) groups excluding carboxylic acids is 1. The minimum absolute atomic E-state index is 0.0111. The molecular weight excluding hydrogens is 312 g/mol. The van der Waals surface area contributed by atoms with Gasteiger partial charge in [0.2, 0.25) is 5.91 Å². The normalized spacial score (nSPS) is 11.2. The Labute approximate surface area is 147 Å². The van der Waals surface area contributed by atoms with Gasteiger partial charge in [0.15, 0.2) is 0 Å². The number of nitrogens with zero attached hydrogens (tertiary/aromatic N) is 2. The summed E-state index contributed by atoms with van der Waals surface area (Å²) in [6.45, 7) is 4.87. The van der Waals surface area contributed by atoms with Gasteiger partial charge >= 0.3 is 0 Å². The van der Waals surface area contributed by atoms with Gasteiger partial charge in [0.05, 0.1) is 17.5 Å². The van der Waals surface area contributed by atoms with Crippen LogP contribution in [0.5, 0.6) is 0 Å². The van der Waals surface area contributed by atoms with E-state index in [1.807, 2.05) is 42.5 Å². The molecule has 0 aliphatic heterocycles. The highest BCUT2D eigenvalue weighted by molar-refractivity contribution is 5.79. The van der Waals surface area contributed by atoms with Gasteiger partial charge in [-0.05, 0) is 43.7 Å². The molecule has 0 fully saturated rings. The molecule has 0 spiro atoms. The van der Waals surface area contributed by atoms with Gasteiger partial charge in [-0.25, -0.2) is 4.98 Å². The van der Waals surface area contributed by atoms with E-state index in [1.165, 1.54) is 0 Å². The Morgan fingerprint density at radius 1 is 1.16 bits per heavy atom. The molecule has 1 amide bonds. The monoisotopic (exact) mass is 336 g/mol. The summed E-state index contributed by atoms with van der Waals surface area (Å²) in [5.41, 5.74) is 9.47. The van der Waals surface area contributed by atoms with Gasteiger partial charge in [0.25, 0.3) is 0 Å². The first-order valence-corrected chi connectivity index (χ1v) is 8.61. The molecule has 0 bridgehead atoms. The van der Waals surface area contributed by atoms with Gasteiger partial charge in [-0.15, -0.1) is 0 Å². The van der Waals surface area contributed by atoms with Crippen LogP contribution in [-0.4, -0.2) is 22.0 Å². The number of carbonyl (C=O) groups is 1. The van der Waals surface area contributed by atoms with Crippen LogP contribution in [0.3, 0.4) is 0 Å². The maximum Gasteiger partial charge on any atom is 0.224 e. The molecule has 5 heteroatoms. The van der Waals surface area contributed by atoms with E-state index < -0.39 is 0 Å². The van der Waals surface area contributed by atoms with Crippen molar-refractivity contribution in [3.05, 3.63) is 59.9 Å². The van der Waals surface area contributed by atoms with Crippen molar-refractivity contribution in [2.24, 2.45) is 0 Å². The number of rotatable bonds is 6. The number of hydrogen-bond acceptors (Lipinski definition) is 3. The summed E-state index contributed by atoms with van der Waals surface area (Å²) in [6.07, 6.45) is 1.07. The van der Waals surface area contributed by atoms with E-state index in [4.69, 9.17) is 10.7 Å². The van der Waals surface area contributed by atoms with Crippen molar-refractivity contribution in [3.63, 3.8) is 0 Å². The summed E-state index contributed by atoms with van der Waals surface area (Å²) in [5, 5.41) is 2.98. The number of imidazole rings is 1. The zero-order valence-corrected chi connectivity index (χ0v) is 14.7. The van der Waals surface area contributed by atoms with Gasteiger partial charge in [0.1, 0.15) is 5.82 Å². The molecule has 130 valence electrons. The van der Waals surface area contributed by atoms with Crippen molar-refractivity contribution in [2.45, 2.75) is 32.7 Å². The lowest BCUT2D eigenvalue weighted by molar-refractivity contribution is -0.120. The number of fused-ring (bicyclic) bond motifs is 1. The maximum atomic E-state index is 12.1. The zero-order valence-electron chi connectivity index (χ0n) is 14.7. The van der Waals surface area contributed by atoms with Crippen LogP contribution in [0.4, 0.5) is 5.69 Å². The number of para-hydroxylation sites is 2. The number of nitrogens with two attached hydrogens (primary N) is 1. The van der Waals surface area contributed by atoms with Crippen molar-refractivity contribution in [3.8, 4) is 0 Å². The Hall–Kier alpha value is -2.82. The average Bonchev–Trinajstić information content (AvgIpc) is 2.95. The number of hydrogen-bond donors (Lipinski definition) is 2. The molecule has 0 unspecified atom stereocenters. The minimum atomic E-state index is 0.0111. The number of nitrogen functional groups attached to an aromatic ring is 1. The maximum absolute atomic E-state index is 12.1. The highest BCUT2D eigenvalue weighted by Gasteiger charge is 2.13. The van der Waals surface area contributed by atoms with Crippen LogP contribution in [0.1, 0.15) is 31.3 Å². The molecule has 0 aliphatic rings. The second kappa shape index (κ2) is 7.38. The first-order chi connectivity index (χ1) is 12.0. The number of amides is 1. The second-order valence-corrected chi connectivity index (χ2v) is 6.50. The summed E-state index contributed by atoms with van der Waals surface area (Å²) in [6, 6.07) is 15.9. The molecule has 0 saturated heterocycles. The number of anilines is 1. The smallest absolute Gasteiger partial charge is 0.224 e. The molecule has 0 aliphatic carbocycles. The molecule has 0 atom stereocenters. The average molecular weight is 336 g/mol. The highest BCUT2D eigenvalue weighted by atomic mass is 16.1. The Kier molecular flexibility index (Phi) is 5.03. The molecule has 1 aromatic heterocycles. The topological polar surface area (TPSA) is 72.9 Å². The first-order valence-electron chi connectivity index (χ1n) is 8.61. The Balaban J connectivity index is 1.62. The van der Waals surface area contributed by atoms with Gasteiger partial charge in [0, 0.05) is 24.7 Å². The lowest BCUT2D eigenvalue weighted by Gasteiger charge is -2.13. The van der Waals surface area contributed by atoms with Crippen molar-refractivity contribution in [1.29, 1.82) is 0 Å². The van der Waals surface area contributed by atoms with E-state index in [2.05, 4.69) is 29.8 Å². The lowest BCUT2D eigenvalue weighted by atomic mass is 10.1. The zero-order chi connectivity index (χ0) is 17.8. The molecule has 3 rings (SSSR count). The van der Waals surface area contributed by atoms with Crippen LogP contribution in [0.25, 0.3) is 11.0 Å². The van der Waals surface area contributed by atoms with Crippen LogP contribution >= 0.6 is 0 Å². The van der Waals surface area contributed by atoms with Crippen molar-refractivity contribution in [1.82, 2.24) is 14.9 Å². The Morgan fingerprint density at radius 3 is 2.60 bits per heavy atom. The van der Waals surface area contributed by atoms with E-state index in [-0.39, 0.29) is 5.91 Å². The quantitative estimate of drug-likeness (QED) is 0.679. The van der Waals surface area contributed by atoms with E-state index in [0.29, 0.717) is 31.1 Å². The standard InChI is InChI=1S/C20H24N4O/c1-14(2)24-18-6-4-3-5-17(18)23-19(24)11-12-22-20(25)13-15-7-9-16(21)10-8-15/h3-10,14H,11-13,21H2,1-2H3,(H,22,25). The van der Waals surface area contributed by atoms with Crippen LogP contribution in [0.2, 0.25) is 0 Å². The predicted octanol–water partition coefficient (Wildman–Crippen LogP) is 3.10. The third-order valence-corrected chi connectivity index (χ3v) is 4.20. The van der Waals surface area contributed by atoms with Gasteiger partial charge in [-0.3, -0.25) is 4.79 Å². The third-order valence-electron chi connectivity index (χ3n) is 4.20. The van der Waals surface area contributed by atoms with Crippen LogP contribution in [0, 0.1) is 0 Å². The van der Waals surface area contributed by atoms with Crippen molar-refractivity contribution >= 4 is 22.6 Å². The van der Waals surface area contributed by atoms with Crippen molar-refractivity contribution < 1.29 is 4.79 Å². The second-order valence-electron chi connectivity index (χ2n) is 6.50. The van der Waals surface area contributed by atoms with E-state index >= 15 is 0 Å². The number of nitrogens with one attached hydrogen (secondary N) is 1. The third kappa shape index (κ3) is 3.99. The fourth-order valence-electron chi connectivity index (χ4n) is 3.04. The Morgan fingerprint density at radius 2 is 1.88 bits per heavy atom. The molecule has 2 aromatic carbocycles. The summed E-state index contributed by atoms with van der Waals surface area (Å²) in [5.74, 6) is 1.01. The summed E-state index contributed by atoms with van der Waals surface area (Å²) in [7, 11) is 0. The molecule has 1 heterocycles. The molecular formula is C20H24N4O. The highest BCUT2D eigenvalue weighted by Crippen LogP contribution is 2.21. The molecule has 0 radical (unpaired) electrons. The van der Waals surface area contributed by atoms with Gasteiger partial charge in [-0.2, -0.15) is 0 Å². The summed E-state index contributed by atoms with van der Waals surface area (Å²) >= 11 is 0. The largest absolute Gasteiger partial charge is 0.399 e. The van der Waals surface area contributed by atoms with Crippen LogP contribution in [-0.2, 0) is 17.6 Å². The molecule has 5 nitrogen and oxygen atoms in total. The fraction of sp³-hybridized carbons (Fsp3) is 0.300. The molecule has 0 saturated carbocycles. The van der Waals surface area contributed by atoms with E-state index in [0.717, 1.165) is 22.4 Å². The number of benzene rings is 2. The van der Waals surface area contributed by atoms with Gasteiger partial charge < -0.3 is 15.6 Å². The summed E-state index contributed by atoms with van der Waals surface area (Å²) < 4.78 is 2.24. The number of aromatic nitrogens is 2. The molecule has 3 aromatic rings. The van der Waals surface area contributed by atoms with Crippen molar-refractivity contribution in [2.75, 3.05) is 12.3 Å². The molecule has 25 heavy (non-hydrogen) atoms. The Bertz CT molecular complexity index is 865. The minimum Gasteiger partial charge on any atom is -0.399 e. The summed E-state index contributed by atoms with van der Waals surface area (Å²) in [4.78, 5) is 16.8. The van der Waals surface area contributed by atoms with E-state index in [9.17, 15) is 4.79 Å². The lowest BCUT2D eigenvalue weighted by Crippen LogP contribution is -2.28.